The van der Waals surface area contributed by atoms with Crippen LogP contribution in [0.3, 0.4) is 0 Å². The number of fused-ring (bicyclic) bond motifs is 1. The topological polar surface area (TPSA) is 126 Å². The van der Waals surface area contributed by atoms with E-state index in [1.807, 2.05) is 6.92 Å². The van der Waals surface area contributed by atoms with Crippen LogP contribution in [-0.2, 0) is 16.0 Å². The number of methoxy groups -OCH3 is 1. The highest BCUT2D eigenvalue weighted by Gasteiger charge is 2.25. The Bertz CT molecular complexity index is 1370. The van der Waals surface area contributed by atoms with Crippen molar-refractivity contribution in [3.05, 3.63) is 71.7 Å². The number of aryl methyl sites for hydroxylation is 1. The molecule has 35 heavy (non-hydrogen) atoms. The van der Waals surface area contributed by atoms with Crippen molar-refractivity contribution in [1.82, 2.24) is 9.66 Å². The molecule has 0 aliphatic rings. The third-order valence-electron chi connectivity index (χ3n) is 5.02. The SMILES string of the molecule is CCCCc1nc2ccc(Br)cc2c(=O)n1N=Cc1cc(Cl)c(O[C@H](C)C(=O)OC)c([N+](=O)[O-])c1. The van der Waals surface area contributed by atoms with Crippen LogP contribution >= 0.6 is 27.5 Å². The first-order valence-electron chi connectivity index (χ1n) is 10.6. The number of nitro groups is 1. The molecule has 0 aliphatic carbocycles. The predicted octanol–water partition coefficient (Wildman–Crippen LogP) is 4.89. The van der Waals surface area contributed by atoms with Gasteiger partial charge in [-0.2, -0.15) is 9.78 Å². The zero-order valence-electron chi connectivity index (χ0n) is 19.2. The van der Waals surface area contributed by atoms with E-state index >= 15 is 0 Å². The third-order valence-corrected chi connectivity index (χ3v) is 5.80. The summed E-state index contributed by atoms with van der Waals surface area (Å²) in [6.07, 6.45) is 2.39. The first kappa shape index (κ1) is 26.3. The molecular weight excluding hydrogens is 544 g/mol. The second-order valence-electron chi connectivity index (χ2n) is 7.55. The molecule has 1 heterocycles. The smallest absolute Gasteiger partial charge is 0.346 e. The number of carbonyl (C=O) groups is 1. The number of carbonyl (C=O) groups excluding carboxylic acids is 1. The maximum Gasteiger partial charge on any atom is 0.346 e. The lowest BCUT2D eigenvalue weighted by atomic mass is 10.2. The Kier molecular flexibility index (Phi) is 8.57. The normalized spacial score (nSPS) is 12.1. The summed E-state index contributed by atoms with van der Waals surface area (Å²) in [5, 5.41) is 16.2. The van der Waals surface area contributed by atoms with Crippen LogP contribution in [0.4, 0.5) is 5.69 Å². The van der Waals surface area contributed by atoms with E-state index < -0.39 is 22.7 Å². The van der Waals surface area contributed by atoms with E-state index in [1.54, 1.807) is 18.2 Å². The first-order chi connectivity index (χ1) is 16.7. The monoisotopic (exact) mass is 564 g/mol. The molecule has 0 fully saturated rings. The predicted molar refractivity (Wildman–Crippen MR) is 136 cm³/mol. The minimum absolute atomic E-state index is 0.101. The van der Waals surface area contributed by atoms with E-state index in [2.05, 4.69) is 30.8 Å². The van der Waals surface area contributed by atoms with Crippen LogP contribution in [0.5, 0.6) is 5.75 Å². The number of rotatable bonds is 9. The summed E-state index contributed by atoms with van der Waals surface area (Å²) in [6, 6.07) is 7.80. The molecule has 0 amide bonds. The largest absolute Gasteiger partial charge is 0.471 e. The molecule has 3 rings (SSSR count). The van der Waals surface area contributed by atoms with Gasteiger partial charge in [-0.3, -0.25) is 14.9 Å². The summed E-state index contributed by atoms with van der Waals surface area (Å²) in [4.78, 5) is 40.4. The Morgan fingerprint density at radius 3 is 2.77 bits per heavy atom. The van der Waals surface area contributed by atoms with Crippen molar-refractivity contribution in [2.24, 2.45) is 5.10 Å². The molecular formula is C23H22BrClN4O6. The van der Waals surface area contributed by atoms with E-state index in [4.69, 9.17) is 16.3 Å². The molecule has 0 bridgehead atoms. The van der Waals surface area contributed by atoms with Gasteiger partial charge in [-0.25, -0.2) is 9.78 Å². The van der Waals surface area contributed by atoms with Crippen LogP contribution in [0.15, 0.2) is 44.7 Å². The van der Waals surface area contributed by atoms with E-state index in [1.165, 1.54) is 37.1 Å². The number of benzene rings is 2. The molecule has 1 aromatic heterocycles. The van der Waals surface area contributed by atoms with E-state index in [0.29, 0.717) is 23.1 Å². The summed E-state index contributed by atoms with van der Waals surface area (Å²) < 4.78 is 11.9. The summed E-state index contributed by atoms with van der Waals surface area (Å²) in [7, 11) is 1.18. The average Bonchev–Trinajstić information content (AvgIpc) is 2.83. The number of ether oxygens (including phenoxy) is 2. The lowest BCUT2D eigenvalue weighted by molar-refractivity contribution is -0.386. The van der Waals surface area contributed by atoms with Crippen LogP contribution in [-0.4, -0.2) is 40.0 Å². The highest BCUT2D eigenvalue weighted by atomic mass is 79.9. The Balaban J connectivity index is 2.08. The first-order valence-corrected chi connectivity index (χ1v) is 11.8. The van der Waals surface area contributed by atoms with Crippen molar-refractivity contribution < 1.29 is 19.2 Å². The zero-order chi connectivity index (χ0) is 25.7. The van der Waals surface area contributed by atoms with Crippen molar-refractivity contribution in [2.75, 3.05) is 7.11 Å². The molecule has 0 radical (unpaired) electrons. The number of hydrogen-bond acceptors (Lipinski definition) is 8. The van der Waals surface area contributed by atoms with E-state index in [0.717, 1.165) is 17.3 Å². The fraction of sp³-hybridized carbons (Fsp3) is 0.304. The van der Waals surface area contributed by atoms with Gasteiger partial charge in [-0.15, -0.1) is 0 Å². The maximum atomic E-state index is 13.2. The Morgan fingerprint density at radius 1 is 1.37 bits per heavy atom. The van der Waals surface area contributed by atoms with Crippen molar-refractivity contribution >= 4 is 56.3 Å². The third kappa shape index (κ3) is 6.04. The van der Waals surface area contributed by atoms with Gasteiger partial charge in [0.05, 0.1) is 34.2 Å². The molecule has 0 saturated heterocycles. The standard InChI is InChI=1S/C23H22BrClN4O6/c1-4-5-6-20-27-18-8-7-15(24)11-16(18)22(30)28(20)26-12-14-9-17(25)21(19(10-14)29(32)33)35-13(2)23(31)34-3/h7-13H,4-6H2,1-3H3/t13-/m1/s1. The molecule has 0 aliphatic heterocycles. The summed E-state index contributed by atoms with van der Waals surface area (Å²) in [5.41, 5.74) is -0.0296. The van der Waals surface area contributed by atoms with Gasteiger partial charge in [0.25, 0.3) is 5.56 Å². The maximum absolute atomic E-state index is 13.2. The fourth-order valence-corrected chi connectivity index (χ4v) is 3.88. The molecule has 12 heteroatoms. The minimum atomic E-state index is -1.11. The minimum Gasteiger partial charge on any atom is -0.471 e. The quantitative estimate of drug-likeness (QED) is 0.157. The summed E-state index contributed by atoms with van der Waals surface area (Å²) in [6.45, 7) is 3.41. The lowest BCUT2D eigenvalue weighted by Crippen LogP contribution is -2.25. The Labute approximate surface area is 213 Å². The Morgan fingerprint density at radius 2 is 2.11 bits per heavy atom. The second-order valence-corrected chi connectivity index (χ2v) is 8.87. The van der Waals surface area contributed by atoms with E-state index in [9.17, 15) is 19.7 Å². The highest BCUT2D eigenvalue weighted by molar-refractivity contribution is 9.10. The van der Waals surface area contributed by atoms with Gasteiger partial charge in [-0.05, 0) is 37.6 Å². The zero-order valence-corrected chi connectivity index (χ0v) is 21.5. The van der Waals surface area contributed by atoms with Gasteiger partial charge in [0, 0.05) is 22.5 Å². The molecule has 3 aromatic rings. The van der Waals surface area contributed by atoms with Gasteiger partial charge in [0.1, 0.15) is 5.82 Å². The summed E-state index contributed by atoms with van der Waals surface area (Å²) >= 11 is 9.61. The molecule has 0 saturated carbocycles. The Hall–Kier alpha value is -3.31. The number of aromatic nitrogens is 2. The van der Waals surface area contributed by atoms with Crippen LogP contribution in [0.2, 0.25) is 5.02 Å². The molecule has 10 nitrogen and oxygen atoms in total. The number of nitrogens with zero attached hydrogens (tertiary/aromatic N) is 4. The number of halogens is 2. The van der Waals surface area contributed by atoms with Gasteiger partial charge in [-0.1, -0.05) is 40.9 Å². The highest BCUT2D eigenvalue weighted by Crippen LogP contribution is 2.36. The number of unbranched alkanes of at least 4 members (excludes halogenated alkanes) is 1. The molecule has 184 valence electrons. The molecule has 0 spiro atoms. The molecule has 0 N–H and O–H groups in total. The van der Waals surface area contributed by atoms with Crippen molar-refractivity contribution in [3.8, 4) is 5.75 Å². The van der Waals surface area contributed by atoms with Crippen LogP contribution in [0.25, 0.3) is 10.9 Å². The van der Waals surface area contributed by atoms with Gasteiger partial charge < -0.3 is 9.47 Å². The van der Waals surface area contributed by atoms with Crippen molar-refractivity contribution in [2.45, 2.75) is 39.2 Å². The number of hydrogen-bond donors (Lipinski definition) is 0. The van der Waals surface area contributed by atoms with Crippen molar-refractivity contribution in [3.63, 3.8) is 0 Å². The number of nitro benzene ring substituents is 1. The van der Waals surface area contributed by atoms with Crippen molar-refractivity contribution in [1.29, 1.82) is 0 Å². The van der Waals surface area contributed by atoms with Crippen LogP contribution in [0.1, 0.15) is 38.1 Å². The van der Waals surface area contributed by atoms with E-state index in [-0.39, 0.29) is 21.9 Å². The lowest BCUT2D eigenvalue weighted by Gasteiger charge is -2.14. The summed E-state index contributed by atoms with van der Waals surface area (Å²) in [5.74, 6) is -0.518. The van der Waals surface area contributed by atoms with Crippen LogP contribution < -0.4 is 10.3 Å². The van der Waals surface area contributed by atoms with Gasteiger partial charge in [0.2, 0.25) is 5.75 Å². The number of esters is 1. The van der Waals surface area contributed by atoms with Gasteiger partial charge in [0.15, 0.2) is 6.10 Å². The molecule has 0 unspecified atom stereocenters. The second kappa shape index (κ2) is 11.4. The fourth-order valence-electron chi connectivity index (χ4n) is 3.25. The molecule has 2 aromatic carbocycles. The van der Waals surface area contributed by atoms with Gasteiger partial charge >= 0.3 is 11.7 Å². The average molecular weight is 566 g/mol. The van der Waals surface area contributed by atoms with Crippen LogP contribution in [0, 0.1) is 10.1 Å². The molecule has 1 atom stereocenters.